The molecule has 186 valence electrons. The van der Waals surface area contributed by atoms with Crippen LogP contribution < -0.4 is 9.47 Å². The van der Waals surface area contributed by atoms with Crippen LogP contribution in [0.3, 0.4) is 0 Å². The van der Waals surface area contributed by atoms with Gasteiger partial charge in [0.2, 0.25) is 5.91 Å². The molecule has 0 spiro atoms. The number of nitrogens with zero attached hydrogens (tertiary/aromatic N) is 2. The summed E-state index contributed by atoms with van der Waals surface area (Å²) in [7, 11) is 3.27. The number of hydrogen-bond acceptors (Lipinski definition) is 7. The summed E-state index contributed by atoms with van der Waals surface area (Å²) in [5.41, 5.74) is 1.15. The van der Waals surface area contributed by atoms with Gasteiger partial charge in [-0.05, 0) is 48.4 Å². The van der Waals surface area contributed by atoms with Crippen LogP contribution in [-0.2, 0) is 16.0 Å². The van der Waals surface area contributed by atoms with Gasteiger partial charge in [0.15, 0.2) is 0 Å². The van der Waals surface area contributed by atoms with Gasteiger partial charge in [-0.15, -0.1) is 17.9 Å². The molecule has 1 N–H and O–H groups in total. The maximum absolute atomic E-state index is 13.5. The summed E-state index contributed by atoms with van der Waals surface area (Å²) in [5.74, 6) is 1.47. The van der Waals surface area contributed by atoms with Gasteiger partial charge in [0.1, 0.15) is 18.1 Å². The minimum absolute atomic E-state index is 0.0307. The topological polar surface area (TPSA) is 71.5 Å². The van der Waals surface area contributed by atoms with E-state index in [4.69, 9.17) is 14.2 Å². The monoisotopic (exact) mass is 488 g/mol. The molecule has 0 radical (unpaired) electrons. The van der Waals surface area contributed by atoms with Crippen molar-refractivity contribution in [2.75, 3.05) is 53.6 Å². The maximum atomic E-state index is 13.5. The van der Waals surface area contributed by atoms with Crippen molar-refractivity contribution < 1.29 is 24.1 Å². The number of ether oxygens (including phenoxy) is 3. The van der Waals surface area contributed by atoms with Gasteiger partial charge in [0, 0.05) is 37.7 Å². The SMILES string of the molecule is C=CCCC(O)CN(CCOC)CC(=O)N1CCc2sccc2C1COc1cccc(OC)c1. The molecule has 0 fully saturated rings. The van der Waals surface area contributed by atoms with Crippen molar-refractivity contribution in [1.29, 1.82) is 0 Å². The molecule has 1 aromatic heterocycles. The molecule has 34 heavy (non-hydrogen) atoms. The van der Waals surface area contributed by atoms with E-state index in [2.05, 4.69) is 18.0 Å². The second kappa shape index (κ2) is 13.5. The van der Waals surface area contributed by atoms with Crippen LogP contribution in [0.15, 0.2) is 48.4 Å². The van der Waals surface area contributed by atoms with E-state index in [1.54, 1.807) is 31.6 Å². The summed E-state index contributed by atoms with van der Waals surface area (Å²) >= 11 is 1.73. The van der Waals surface area contributed by atoms with E-state index in [1.807, 2.05) is 34.1 Å². The van der Waals surface area contributed by atoms with Crippen LogP contribution in [0.4, 0.5) is 0 Å². The quantitative estimate of drug-likeness (QED) is 0.410. The lowest BCUT2D eigenvalue weighted by atomic mass is 10.0. The average molecular weight is 489 g/mol. The molecule has 1 aliphatic heterocycles. The lowest BCUT2D eigenvalue weighted by molar-refractivity contribution is -0.136. The van der Waals surface area contributed by atoms with Gasteiger partial charge < -0.3 is 24.2 Å². The van der Waals surface area contributed by atoms with E-state index < -0.39 is 6.10 Å². The Kier molecular flexibility index (Phi) is 10.4. The van der Waals surface area contributed by atoms with Crippen LogP contribution in [0.5, 0.6) is 11.5 Å². The number of amides is 1. The highest BCUT2D eigenvalue weighted by molar-refractivity contribution is 7.10. The van der Waals surface area contributed by atoms with E-state index in [-0.39, 0.29) is 18.5 Å². The molecule has 2 aromatic rings. The number of hydrogen-bond donors (Lipinski definition) is 1. The van der Waals surface area contributed by atoms with E-state index in [1.165, 1.54) is 4.88 Å². The fraction of sp³-hybridized carbons (Fsp3) is 0.500. The van der Waals surface area contributed by atoms with Gasteiger partial charge in [-0.3, -0.25) is 9.69 Å². The zero-order valence-electron chi connectivity index (χ0n) is 20.2. The third-order valence-electron chi connectivity index (χ3n) is 6.01. The minimum atomic E-state index is -0.514. The van der Waals surface area contributed by atoms with Gasteiger partial charge >= 0.3 is 0 Å². The Morgan fingerprint density at radius 1 is 1.35 bits per heavy atom. The van der Waals surface area contributed by atoms with Gasteiger partial charge in [-0.1, -0.05) is 12.1 Å². The Hall–Kier alpha value is -2.39. The Morgan fingerprint density at radius 3 is 2.94 bits per heavy atom. The van der Waals surface area contributed by atoms with Crippen molar-refractivity contribution >= 4 is 17.2 Å². The number of allylic oxidation sites excluding steroid dienone is 1. The van der Waals surface area contributed by atoms with Gasteiger partial charge in [-0.25, -0.2) is 0 Å². The third-order valence-corrected chi connectivity index (χ3v) is 7.00. The number of benzene rings is 1. The lowest BCUT2D eigenvalue weighted by Crippen LogP contribution is -2.48. The van der Waals surface area contributed by atoms with Crippen LogP contribution in [0.2, 0.25) is 0 Å². The molecule has 0 aliphatic carbocycles. The normalized spacial score (nSPS) is 16.2. The summed E-state index contributed by atoms with van der Waals surface area (Å²) in [4.78, 5) is 18.7. The second-order valence-electron chi connectivity index (χ2n) is 8.39. The van der Waals surface area contributed by atoms with E-state index in [0.717, 1.165) is 24.2 Å². The standard InChI is InChI=1S/C26H36N2O5S/c1-4-5-7-20(29)17-27(13-14-31-2)18-26(30)28-12-10-25-23(11-15-34-25)24(28)19-33-22-9-6-8-21(16-22)32-3/h4,6,8-9,11,15-16,20,24,29H,1,5,7,10,12-14,17-19H2,2-3H3. The van der Waals surface area contributed by atoms with Gasteiger partial charge in [0.25, 0.3) is 0 Å². The number of thiophene rings is 1. The summed E-state index contributed by atoms with van der Waals surface area (Å²) in [6.45, 7) is 6.46. The maximum Gasteiger partial charge on any atom is 0.237 e. The van der Waals surface area contributed by atoms with E-state index >= 15 is 0 Å². The molecule has 0 bridgehead atoms. The highest BCUT2D eigenvalue weighted by atomic mass is 32.1. The molecule has 2 unspecified atom stereocenters. The van der Waals surface area contributed by atoms with Crippen molar-refractivity contribution in [3.8, 4) is 11.5 Å². The average Bonchev–Trinajstić information content (AvgIpc) is 3.33. The summed E-state index contributed by atoms with van der Waals surface area (Å²) in [6, 6.07) is 9.44. The Balaban J connectivity index is 1.70. The first-order chi connectivity index (χ1) is 16.5. The molecule has 1 aliphatic rings. The zero-order valence-corrected chi connectivity index (χ0v) is 21.0. The van der Waals surface area contributed by atoms with Gasteiger partial charge in [0.05, 0.1) is 32.4 Å². The van der Waals surface area contributed by atoms with Crippen LogP contribution in [0.25, 0.3) is 0 Å². The molecule has 0 saturated carbocycles. The molecule has 1 aromatic carbocycles. The fourth-order valence-electron chi connectivity index (χ4n) is 4.18. The molecule has 2 heterocycles. The minimum Gasteiger partial charge on any atom is -0.497 e. The van der Waals surface area contributed by atoms with Crippen molar-refractivity contribution in [2.45, 2.75) is 31.4 Å². The Morgan fingerprint density at radius 2 is 2.18 bits per heavy atom. The zero-order chi connectivity index (χ0) is 24.3. The first kappa shape index (κ1) is 26.2. The molecule has 8 heteroatoms. The molecular weight excluding hydrogens is 452 g/mol. The third kappa shape index (κ3) is 7.30. The first-order valence-corrected chi connectivity index (χ1v) is 12.6. The van der Waals surface area contributed by atoms with Crippen molar-refractivity contribution in [3.63, 3.8) is 0 Å². The highest BCUT2D eigenvalue weighted by Crippen LogP contribution is 2.34. The van der Waals surface area contributed by atoms with Crippen molar-refractivity contribution in [3.05, 3.63) is 58.8 Å². The number of aliphatic hydroxyl groups excluding tert-OH is 1. The molecule has 7 nitrogen and oxygen atoms in total. The molecule has 1 amide bonds. The molecule has 3 rings (SSSR count). The lowest BCUT2D eigenvalue weighted by Gasteiger charge is -2.37. The molecule has 0 saturated heterocycles. The number of fused-ring (bicyclic) bond motifs is 1. The number of rotatable bonds is 14. The number of carbonyl (C=O) groups is 1. The predicted octanol–water partition coefficient (Wildman–Crippen LogP) is 3.54. The Labute approximate surface area is 206 Å². The largest absolute Gasteiger partial charge is 0.497 e. The van der Waals surface area contributed by atoms with Crippen LogP contribution in [-0.4, -0.2) is 80.5 Å². The number of aliphatic hydroxyl groups is 1. The summed E-state index contributed by atoms with van der Waals surface area (Å²) < 4.78 is 16.7. The number of carbonyl (C=O) groups excluding carboxylic acids is 1. The van der Waals surface area contributed by atoms with Crippen LogP contribution in [0.1, 0.15) is 29.3 Å². The second-order valence-corrected chi connectivity index (χ2v) is 9.39. The predicted molar refractivity (Wildman–Crippen MR) is 135 cm³/mol. The van der Waals surface area contributed by atoms with Gasteiger partial charge in [-0.2, -0.15) is 0 Å². The highest BCUT2D eigenvalue weighted by Gasteiger charge is 2.33. The van der Waals surface area contributed by atoms with Crippen molar-refractivity contribution in [1.82, 2.24) is 9.80 Å². The fourth-order valence-corrected chi connectivity index (χ4v) is 5.11. The van der Waals surface area contributed by atoms with Crippen LogP contribution >= 0.6 is 11.3 Å². The Bertz CT molecular complexity index is 918. The summed E-state index contributed by atoms with van der Waals surface area (Å²) in [6.07, 6.45) is 3.49. The van der Waals surface area contributed by atoms with E-state index in [0.29, 0.717) is 45.0 Å². The first-order valence-electron chi connectivity index (χ1n) is 11.7. The smallest absolute Gasteiger partial charge is 0.237 e. The van der Waals surface area contributed by atoms with Crippen molar-refractivity contribution in [2.24, 2.45) is 0 Å². The molecular formula is C26H36N2O5S. The van der Waals surface area contributed by atoms with Crippen LogP contribution in [0, 0.1) is 0 Å². The number of methoxy groups -OCH3 is 2. The summed E-state index contributed by atoms with van der Waals surface area (Å²) in [5, 5.41) is 12.5. The molecule has 2 atom stereocenters. The van der Waals surface area contributed by atoms with E-state index in [9.17, 15) is 9.90 Å².